The molecule has 1 aromatic heterocycles. The van der Waals surface area contributed by atoms with Crippen molar-refractivity contribution in [3.05, 3.63) is 35.7 Å². The van der Waals surface area contributed by atoms with Gasteiger partial charge in [0.2, 0.25) is 0 Å². The van der Waals surface area contributed by atoms with Gasteiger partial charge in [0.05, 0.1) is 11.4 Å². The van der Waals surface area contributed by atoms with Gasteiger partial charge in [0, 0.05) is 17.8 Å². The first-order valence-corrected chi connectivity index (χ1v) is 5.25. The maximum absolute atomic E-state index is 4.46. The topological polar surface area (TPSA) is 25.2 Å². The van der Waals surface area contributed by atoms with Crippen molar-refractivity contribution >= 4 is 11.9 Å². The van der Waals surface area contributed by atoms with Crippen LogP contribution in [0.5, 0.6) is 0 Å². The second kappa shape index (κ2) is 3.61. The minimum absolute atomic E-state index is 0.189. The van der Waals surface area contributed by atoms with Gasteiger partial charge >= 0.3 is 0 Å². The van der Waals surface area contributed by atoms with Gasteiger partial charge in [0.25, 0.3) is 0 Å². The van der Waals surface area contributed by atoms with Crippen LogP contribution >= 0.6 is 0 Å². The minimum Gasteiger partial charge on any atom is -0.259 e. The molecule has 1 aliphatic heterocycles. The Balaban J connectivity index is 2.24. The summed E-state index contributed by atoms with van der Waals surface area (Å²) < 4.78 is 0. The first-order valence-electron chi connectivity index (χ1n) is 5.25. The van der Waals surface area contributed by atoms with Gasteiger partial charge in [0.1, 0.15) is 0 Å². The highest BCUT2D eigenvalue weighted by atomic mass is 14.8. The Morgan fingerprint density at radius 2 is 2.07 bits per heavy atom. The third kappa shape index (κ3) is 2.32. The Morgan fingerprint density at radius 1 is 1.27 bits per heavy atom. The average molecular weight is 200 g/mol. The molecule has 0 radical (unpaired) electrons. The predicted octanol–water partition coefficient (Wildman–Crippen LogP) is 3.23. The van der Waals surface area contributed by atoms with E-state index in [0.29, 0.717) is 0 Å². The fourth-order valence-corrected chi connectivity index (χ4v) is 1.50. The summed E-state index contributed by atoms with van der Waals surface area (Å²) in [5, 5.41) is 0. The number of aromatic nitrogens is 1. The van der Waals surface area contributed by atoms with E-state index >= 15 is 0 Å². The lowest BCUT2D eigenvalue weighted by molar-refractivity contribution is 0.541. The first kappa shape index (κ1) is 10.1. The minimum atomic E-state index is 0.189. The molecule has 0 atom stereocenters. The maximum Gasteiger partial charge on any atom is 0.0882 e. The summed E-state index contributed by atoms with van der Waals surface area (Å²) in [5.74, 6) is 0. The van der Waals surface area contributed by atoms with Crippen LogP contribution in [0.4, 0.5) is 0 Å². The molecule has 0 saturated heterocycles. The van der Waals surface area contributed by atoms with E-state index in [1.54, 1.807) is 0 Å². The molecule has 15 heavy (non-hydrogen) atoms. The van der Waals surface area contributed by atoms with Gasteiger partial charge in [-0.3, -0.25) is 9.98 Å². The van der Waals surface area contributed by atoms with Crippen molar-refractivity contribution in [1.29, 1.82) is 0 Å². The van der Waals surface area contributed by atoms with Gasteiger partial charge in [-0.2, -0.15) is 0 Å². The lowest BCUT2D eigenvalue weighted by atomic mass is 9.88. The van der Waals surface area contributed by atoms with E-state index in [4.69, 9.17) is 0 Å². The van der Waals surface area contributed by atoms with Crippen LogP contribution in [0, 0.1) is 12.3 Å². The van der Waals surface area contributed by atoms with E-state index in [2.05, 4.69) is 36.0 Å². The Hall–Kier alpha value is -1.44. The Labute approximate surface area is 90.8 Å². The fourth-order valence-electron chi connectivity index (χ4n) is 1.50. The monoisotopic (exact) mass is 200 g/mol. The summed E-state index contributed by atoms with van der Waals surface area (Å²) in [6, 6.07) is 4.09. The molecule has 0 saturated carbocycles. The van der Waals surface area contributed by atoms with Crippen LogP contribution in [0.3, 0.4) is 0 Å². The van der Waals surface area contributed by atoms with Crippen molar-refractivity contribution in [3.63, 3.8) is 0 Å². The normalized spacial score (nSPS) is 18.7. The molecule has 0 fully saturated rings. The van der Waals surface area contributed by atoms with E-state index in [0.717, 1.165) is 17.8 Å². The van der Waals surface area contributed by atoms with Crippen molar-refractivity contribution in [2.45, 2.75) is 27.2 Å². The van der Waals surface area contributed by atoms with Crippen LogP contribution in [0.1, 0.15) is 31.5 Å². The van der Waals surface area contributed by atoms with E-state index in [1.807, 2.05) is 25.4 Å². The van der Waals surface area contributed by atoms with E-state index < -0.39 is 0 Å². The Morgan fingerprint density at radius 3 is 2.60 bits per heavy atom. The zero-order chi connectivity index (χ0) is 10.9. The van der Waals surface area contributed by atoms with Crippen LogP contribution in [0.15, 0.2) is 29.4 Å². The zero-order valence-corrected chi connectivity index (χ0v) is 9.49. The van der Waals surface area contributed by atoms with Gasteiger partial charge in [-0.25, -0.2) is 0 Å². The number of aryl methyl sites for hydroxylation is 1. The first-order chi connectivity index (χ1) is 7.07. The van der Waals surface area contributed by atoms with E-state index in [9.17, 15) is 0 Å². The summed E-state index contributed by atoms with van der Waals surface area (Å²) in [4.78, 5) is 8.82. The van der Waals surface area contributed by atoms with Crippen molar-refractivity contribution in [3.8, 4) is 0 Å². The lowest BCUT2D eigenvalue weighted by Crippen LogP contribution is -2.14. The smallest absolute Gasteiger partial charge is 0.0882 e. The van der Waals surface area contributed by atoms with E-state index in [-0.39, 0.29) is 5.41 Å². The van der Waals surface area contributed by atoms with Crippen LogP contribution in [0.2, 0.25) is 0 Å². The number of hydrogen-bond donors (Lipinski definition) is 0. The maximum atomic E-state index is 4.46. The second-order valence-corrected chi connectivity index (χ2v) is 4.76. The van der Waals surface area contributed by atoms with Crippen LogP contribution in [-0.4, -0.2) is 11.2 Å². The highest BCUT2D eigenvalue weighted by molar-refractivity contribution is 5.78. The zero-order valence-electron chi connectivity index (χ0n) is 9.49. The molecule has 1 aromatic rings. The van der Waals surface area contributed by atoms with Gasteiger partial charge in [-0.05, 0) is 25.0 Å². The lowest BCUT2D eigenvalue weighted by Gasteiger charge is -2.21. The average Bonchev–Trinajstić information content (AvgIpc) is 2.20. The molecule has 2 rings (SSSR count). The predicted molar refractivity (Wildman–Crippen MR) is 63.8 cm³/mol. The number of nitrogens with zero attached hydrogens (tertiary/aromatic N) is 2. The molecule has 2 nitrogen and oxygen atoms in total. The third-order valence-electron chi connectivity index (χ3n) is 2.55. The summed E-state index contributed by atoms with van der Waals surface area (Å²) in [5.41, 5.74) is 3.33. The Kier molecular flexibility index (Phi) is 2.43. The number of rotatable bonds is 1. The SMILES string of the molecule is Cc1ccc(C2=CCC(C)(C)C=N2)nc1. The highest BCUT2D eigenvalue weighted by Gasteiger charge is 2.18. The molecule has 0 spiro atoms. The molecular formula is C13H16N2. The number of allylic oxidation sites excluding steroid dienone is 1. The summed E-state index contributed by atoms with van der Waals surface area (Å²) in [6.45, 7) is 6.41. The molecule has 2 heteroatoms. The van der Waals surface area contributed by atoms with Crippen molar-refractivity contribution in [2.75, 3.05) is 0 Å². The molecule has 0 amide bonds. The molecule has 0 aliphatic carbocycles. The molecule has 0 unspecified atom stereocenters. The molecule has 0 bridgehead atoms. The summed E-state index contributed by atoms with van der Waals surface area (Å²) in [6.07, 6.45) is 7.09. The fraction of sp³-hybridized carbons (Fsp3) is 0.385. The molecule has 78 valence electrons. The highest BCUT2D eigenvalue weighted by Crippen LogP contribution is 2.27. The van der Waals surface area contributed by atoms with Crippen molar-refractivity contribution in [2.24, 2.45) is 10.4 Å². The van der Waals surface area contributed by atoms with Gasteiger partial charge in [-0.1, -0.05) is 26.0 Å². The number of aliphatic imine (C=N–C) groups is 1. The van der Waals surface area contributed by atoms with Crippen LogP contribution in [0.25, 0.3) is 5.70 Å². The molecule has 2 heterocycles. The van der Waals surface area contributed by atoms with Gasteiger partial charge in [-0.15, -0.1) is 0 Å². The van der Waals surface area contributed by atoms with Crippen molar-refractivity contribution < 1.29 is 0 Å². The molecular weight excluding hydrogens is 184 g/mol. The van der Waals surface area contributed by atoms with Crippen LogP contribution < -0.4 is 0 Å². The quantitative estimate of drug-likeness (QED) is 0.683. The molecule has 1 aliphatic rings. The Bertz CT molecular complexity index is 411. The molecule has 0 aromatic carbocycles. The molecule has 0 N–H and O–H groups in total. The van der Waals surface area contributed by atoms with E-state index in [1.165, 1.54) is 5.56 Å². The summed E-state index contributed by atoms with van der Waals surface area (Å²) in [7, 11) is 0. The van der Waals surface area contributed by atoms with Gasteiger partial charge in [0.15, 0.2) is 0 Å². The standard InChI is InChI=1S/C13H16N2/c1-10-4-5-11(14-8-10)12-6-7-13(2,3)9-15-12/h4-6,8-9H,7H2,1-3H3. The van der Waals surface area contributed by atoms with Crippen LogP contribution in [-0.2, 0) is 0 Å². The van der Waals surface area contributed by atoms with Gasteiger partial charge < -0.3 is 0 Å². The largest absolute Gasteiger partial charge is 0.259 e. The number of hydrogen-bond acceptors (Lipinski definition) is 2. The second-order valence-electron chi connectivity index (χ2n) is 4.76. The third-order valence-corrected chi connectivity index (χ3v) is 2.55. The summed E-state index contributed by atoms with van der Waals surface area (Å²) >= 11 is 0. The number of pyridine rings is 1. The van der Waals surface area contributed by atoms with Crippen molar-refractivity contribution in [1.82, 2.24) is 4.98 Å².